The molecule has 0 N–H and O–H groups in total. The second-order valence-electron chi connectivity index (χ2n) is 11.9. The molecule has 5 rings (SSSR count). The van der Waals surface area contributed by atoms with E-state index < -0.39 is 5.97 Å². The van der Waals surface area contributed by atoms with Crippen LogP contribution in [-0.4, -0.2) is 38.7 Å². The van der Waals surface area contributed by atoms with E-state index in [1.54, 1.807) is 10.7 Å². The standard InChI is InChI=1S/C39H47N5O2/c1-4-6-8-10-11-19-29-46-39(45)37-36(33-22-16-17-27-40-33)38-41-30(3)34(44(38)42-37)23-15-13-21-32-26-25-31-20-12-14-24-35(31)43(32)28-18-9-7-5-2/h12-17,20-27H,4-11,18-19,28-29H2,1-3H3/b15-13+,32-21+,34-23-. The van der Waals surface area contributed by atoms with Crippen LogP contribution in [0.3, 0.4) is 0 Å². The Morgan fingerprint density at radius 1 is 0.848 bits per heavy atom. The number of aryl methyl sites for hydroxylation is 1. The van der Waals surface area contributed by atoms with Gasteiger partial charge in [0.05, 0.1) is 28.9 Å². The minimum Gasteiger partial charge on any atom is -0.461 e. The number of esters is 1. The number of anilines is 1. The lowest BCUT2D eigenvalue weighted by Gasteiger charge is -2.30. The van der Waals surface area contributed by atoms with Crippen molar-refractivity contribution in [2.24, 2.45) is 0 Å². The molecule has 7 heteroatoms. The monoisotopic (exact) mass is 617 g/mol. The van der Waals surface area contributed by atoms with E-state index in [2.05, 4.69) is 72.3 Å². The fraction of sp³-hybridized carbons (Fsp3) is 0.385. The third-order valence-corrected chi connectivity index (χ3v) is 8.42. The summed E-state index contributed by atoms with van der Waals surface area (Å²) in [6, 6.07) is 14.2. The predicted molar refractivity (Wildman–Crippen MR) is 188 cm³/mol. The molecule has 4 aromatic rings. The molecule has 0 spiro atoms. The number of aromatic nitrogens is 4. The zero-order chi connectivity index (χ0) is 32.1. The first-order valence-electron chi connectivity index (χ1n) is 17.0. The van der Waals surface area contributed by atoms with Crippen molar-refractivity contribution in [3.05, 3.63) is 101 Å². The Labute approximate surface area is 273 Å². The van der Waals surface area contributed by atoms with Gasteiger partial charge in [-0.25, -0.2) is 14.3 Å². The smallest absolute Gasteiger partial charge is 0.359 e. The minimum absolute atomic E-state index is 0.248. The summed E-state index contributed by atoms with van der Waals surface area (Å²) in [6.45, 7) is 7.78. The first kappa shape index (κ1) is 32.9. The maximum Gasteiger partial charge on any atom is 0.359 e. The second-order valence-corrected chi connectivity index (χ2v) is 11.9. The number of para-hydroxylation sites is 1. The van der Waals surface area contributed by atoms with Crippen molar-refractivity contribution in [2.75, 3.05) is 18.1 Å². The normalized spacial score (nSPS) is 14.2. The molecule has 0 saturated heterocycles. The summed E-state index contributed by atoms with van der Waals surface area (Å²) in [5.74, 6) is -0.438. The Hall–Kier alpha value is -4.52. The summed E-state index contributed by atoms with van der Waals surface area (Å²) in [5.41, 5.74) is 6.59. The van der Waals surface area contributed by atoms with Gasteiger partial charge in [-0.2, -0.15) is 5.10 Å². The van der Waals surface area contributed by atoms with E-state index in [0.29, 0.717) is 23.5 Å². The SMILES string of the molecule is CCCCCCCCOC(=O)c1nn2\c(=C/C=C/C=C3\C=Cc4ccccc4N3CCCCCC)c(C)nc2c1-c1ccccn1. The third kappa shape index (κ3) is 8.00. The van der Waals surface area contributed by atoms with Crippen LogP contribution < -0.4 is 10.2 Å². The van der Waals surface area contributed by atoms with Crippen LogP contribution in [-0.2, 0) is 4.74 Å². The molecular formula is C39H47N5O2. The van der Waals surface area contributed by atoms with Crippen molar-refractivity contribution in [1.29, 1.82) is 0 Å². The highest BCUT2D eigenvalue weighted by Gasteiger charge is 2.25. The highest BCUT2D eigenvalue weighted by Crippen LogP contribution is 2.31. The Morgan fingerprint density at radius 2 is 1.59 bits per heavy atom. The molecule has 0 radical (unpaired) electrons. The molecule has 1 aliphatic rings. The summed E-state index contributed by atoms with van der Waals surface area (Å²) in [6.07, 6.45) is 25.9. The van der Waals surface area contributed by atoms with Gasteiger partial charge in [0.25, 0.3) is 0 Å². The summed E-state index contributed by atoms with van der Waals surface area (Å²) >= 11 is 0. The zero-order valence-corrected chi connectivity index (χ0v) is 27.6. The van der Waals surface area contributed by atoms with Crippen LogP contribution in [0.1, 0.15) is 99.8 Å². The average Bonchev–Trinajstić information content (AvgIpc) is 3.59. The van der Waals surface area contributed by atoms with E-state index >= 15 is 0 Å². The van der Waals surface area contributed by atoms with Gasteiger partial charge in [0.15, 0.2) is 11.3 Å². The van der Waals surface area contributed by atoms with Gasteiger partial charge in [0.2, 0.25) is 0 Å². The number of ether oxygens (including phenoxy) is 1. The van der Waals surface area contributed by atoms with E-state index in [4.69, 9.17) is 14.8 Å². The summed E-state index contributed by atoms with van der Waals surface area (Å²) in [5, 5.41) is 5.56. The topological polar surface area (TPSA) is 72.6 Å². The lowest BCUT2D eigenvalue weighted by molar-refractivity contribution is 0.0491. The number of rotatable bonds is 16. The number of imidazole rings is 1. The molecule has 3 aromatic heterocycles. The molecule has 0 aliphatic carbocycles. The molecule has 0 bridgehead atoms. The minimum atomic E-state index is -0.438. The number of carbonyl (C=O) groups excluding carboxylic acids is 1. The first-order chi connectivity index (χ1) is 22.6. The Bertz CT molecular complexity index is 1730. The number of nitrogens with zero attached hydrogens (tertiary/aromatic N) is 5. The van der Waals surface area contributed by atoms with Crippen LogP contribution in [0, 0.1) is 6.92 Å². The molecule has 240 valence electrons. The second kappa shape index (κ2) is 16.7. The van der Waals surface area contributed by atoms with Crippen molar-refractivity contribution < 1.29 is 9.53 Å². The average molecular weight is 618 g/mol. The lowest BCUT2D eigenvalue weighted by Crippen LogP contribution is -2.25. The molecule has 1 aliphatic heterocycles. The van der Waals surface area contributed by atoms with Gasteiger partial charge in [-0.1, -0.05) is 108 Å². The summed E-state index contributed by atoms with van der Waals surface area (Å²) in [7, 11) is 0. The maximum absolute atomic E-state index is 13.3. The molecule has 46 heavy (non-hydrogen) atoms. The highest BCUT2D eigenvalue weighted by atomic mass is 16.5. The van der Waals surface area contributed by atoms with E-state index in [-0.39, 0.29) is 5.69 Å². The summed E-state index contributed by atoms with van der Waals surface area (Å²) in [4.78, 5) is 25.1. The van der Waals surface area contributed by atoms with Gasteiger partial charge >= 0.3 is 5.97 Å². The number of unbranched alkanes of at least 4 members (excludes halogenated alkanes) is 8. The van der Waals surface area contributed by atoms with E-state index in [9.17, 15) is 4.79 Å². The van der Waals surface area contributed by atoms with Crippen molar-refractivity contribution in [1.82, 2.24) is 19.6 Å². The van der Waals surface area contributed by atoms with Crippen molar-refractivity contribution in [3.8, 4) is 11.3 Å². The Balaban J connectivity index is 1.39. The van der Waals surface area contributed by atoms with Crippen molar-refractivity contribution in [3.63, 3.8) is 0 Å². The van der Waals surface area contributed by atoms with Crippen LogP contribution >= 0.6 is 0 Å². The number of carbonyl (C=O) groups is 1. The van der Waals surface area contributed by atoms with Crippen LogP contribution in [0.25, 0.3) is 29.1 Å². The molecular weight excluding hydrogens is 570 g/mol. The van der Waals surface area contributed by atoms with Gasteiger partial charge in [-0.15, -0.1) is 0 Å². The summed E-state index contributed by atoms with van der Waals surface area (Å²) < 4.78 is 7.44. The van der Waals surface area contributed by atoms with Gasteiger partial charge in [0, 0.05) is 24.1 Å². The fourth-order valence-corrected chi connectivity index (χ4v) is 5.92. The molecule has 0 amide bonds. The molecule has 4 heterocycles. The van der Waals surface area contributed by atoms with Crippen LogP contribution in [0.4, 0.5) is 5.69 Å². The van der Waals surface area contributed by atoms with Gasteiger partial charge < -0.3 is 9.64 Å². The van der Waals surface area contributed by atoms with Gasteiger partial charge in [-0.3, -0.25) is 4.98 Å². The molecule has 0 unspecified atom stereocenters. The van der Waals surface area contributed by atoms with E-state index in [1.807, 2.05) is 37.3 Å². The quantitative estimate of drug-likeness (QED) is 0.0925. The van der Waals surface area contributed by atoms with Gasteiger partial charge in [0.1, 0.15) is 0 Å². The third-order valence-electron chi connectivity index (χ3n) is 8.42. The largest absolute Gasteiger partial charge is 0.461 e. The molecule has 1 aromatic carbocycles. The number of hydrogen-bond acceptors (Lipinski definition) is 6. The van der Waals surface area contributed by atoms with Crippen LogP contribution in [0.15, 0.2) is 78.7 Å². The Kier molecular flexibility index (Phi) is 11.9. The molecule has 7 nitrogen and oxygen atoms in total. The molecule has 0 fully saturated rings. The highest BCUT2D eigenvalue weighted by molar-refractivity contribution is 5.99. The predicted octanol–water partition coefficient (Wildman–Crippen LogP) is 8.67. The van der Waals surface area contributed by atoms with Crippen LogP contribution in [0.5, 0.6) is 0 Å². The van der Waals surface area contributed by atoms with E-state index in [0.717, 1.165) is 49.0 Å². The maximum atomic E-state index is 13.3. The van der Waals surface area contributed by atoms with Crippen molar-refractivity contribution in [2.45, 2.75) is 85.0 Å². The molecule has 0 saturated carbocycles. The number of allylic oxidation sites excluding steroid dienone is 4. The fourth-order valence-electron chi connectivity index (χ4n) is 5.92. The number of pyridine rings is 1. The van der Waals surface area contributed by atoms with Crippen molar-refractivity contribution >= 4 is 29.5 Å². The number of fused-ring (bicyclic) bond motifs is 2. The molecule has 0 atom stereocenters. The lowest BCUT2D eigenvalue weighted by atomic mass is 10.0. The zero-order valence-electron chi connectivity index (χ0n) is 27.6. The Morgan fingerprint density at radius 3 is 2.39 bits per heavy atom. The van der Waals surface area contributed by atoms with E-state index in [1.165, 1.54) is 49.8 Å². The first-order valence-corrected chi connectivity index (χ1v) is 17.0. The van der Waals surface area contributed by atoms with Gasteiger partial charge in [-0.05, 0) is 61.8 Å². The van der Waals surface area contributed by atoms with Crippen LogP contribution in [0.2, 0.25) is 0 Å². The number of benzene rings is 1. The number of hydrogen-bond donors (Lipinski definition) is 0.